The van der Waals surface area contributed by atoms with Crippen LogP contribution in [0.4, 0.5) is 0 Å². The molecule has 0 fully saturated rings. The molecule has 0 amide bonds. The zero-order valence-corrected chi connectivity index (χ0v) is 7.20. The second-order valence-electron chi connectivity index (χ2n) is 2.58. The van der Waals surface area contributed by atoms with Crippen molar-refractivity contribution in [2.75, 3.05) is 5.88 Å². The smallest absolute Gasteiger partial charge is 0.0258 e. The minimum atomic E-state index is 0.674. The van der Waals surface area contributed by atoms with Gasteiger partial charge in [-0.1, -0.05) is 25.5 Å². The van der Waals surface area contributed by atoms with Crippen molar-refractivity contribution in [3.63, 3.8) is 0 Å². The van der Waals surface area contributed by atoms with Gasteiger partial charge in [0.05, 0.1) is 0 Å². The Morgan fingerprint density at radius 3 is 2.44 bits per heavy atom. The highest BCUT2D eigenvalue weighted by Gasteiger charge is 1.93. The fourth-order valence-corrected chi connectivity index (χ4v) is 0.627. The van der Waals surface area contributed by atoms with Crippen LogP contribution in [0, 0.1) is 5.92 Å². The van der Waals surface area contributed by atoms with Crippen molar-refractivity contribution in [3.05, 3.63) is 11.6 Å². The van der Waals surface area contributed by atoms with Crippen LogP contribution in [0.5, 0.6) is 0 Å². The van der Waals surface area contributed by atoms with E-state index in [9.17, 15) is 0 Å². The second kappa shape index (κ2) is 4.87. The van der Waals surface area contributed by atoms with Gasteiger partial charge in [0.15, 0.2) is 0 Å². The lowest BCUT2D eigenvalue weighted by atomic mass is 10.0. The van der Waals surface area contributed by atoms with E-state index in [0.29, 0.717) is 5.92 Å². The summed E-state index contributed by atoms with van der Waals surface area (Å²) in [6.45, 7) is 6.54. The van der Waals surface area contributed by atoms with Crippen LogP contribution in [0.2, 0.25) is 0 Å². The van der Waals surface area contributed by atoms with Gasteiger partial charge in [-0.3, -0.25) is 0 Å². The zero-order valence-electron chi connectivity index (χ0n) is 6.45. The third-order valence-electron chi connectivity index (χ3n) is 1.49. The summed E-state index contributed by atoms with van der Waals surface area (Å²) < 4.78 is 0. The number of alkyl halides is 1. The minimum Gasteiger partial charge on any atom is -0.126 e. The van der Waals surface area contributed by atoms with Crippen LogP contribution in [0.1, 0.15) is 27.2 Å². The number of halogens is 1. The zero-order chi connectivity index (χ0) is 7.28. The van der Waals surface area contributed by atoms with Crippen LogP contribution >= 0.6 is 11.6 Å². The van der Waals surface area contributed by atoms with Gasteiger partial charge in [0.25, 0.3) is 0 Å². The van der Waals surface area contributed by atoms with Crippen LogP contribution in [-0.2, 0) is 0 Å². The molecule has 0 aromatic rings. The van der Waals surface area contributed by atoms with E-state index in [0.717, 1.165) is 12.3 Å². The van der Waals surface area contributed by atoms with E-state index < -0.39 is 0 Å². The lowest BCUT2D eigenvalue weighted by Crippen LogP contribution is -1.88. The van der Waals surface area contributed by atoms with Crippen molar-refractivity contribution in [2.24, 2.45) is 5.92 Å². The predicted octanol–water partition coefficient (Wildman–Crippen LogP) is 3.22. The van der Waals surface area contributed by atoms with E-state index in [2.05, 4.69) is 26.8 Å². The summed E-state index contributed by atoms with van der Waals surface area (Å²) in [4.78, 5) is 0. The Kier molecular flexibility index (Phi) is 4.88. The Morgan fingerprint density at radius 2 is 2.11 bits per heavy atom. The molecule has 1 heteroatoms. The van der Waals surface area contributed by atoms with Crippen molar-refractivity contribution in [2.45, 2.75) is 27.2 Å². The molecule has 0 unspecified atom stereocenters. The molecule has 0 rings (SSSR count). The van der Waals surface area contributed by atoms with Crippen LogP contribution in [0.3, 0.4) is 0 Å². The Hall–Kier alpha value is 0.0300. The molecule has 0 aliphatic rings. The fraction of sp³-hybridized carbons (Fsp3) is 0.750. The highest BCUT2D eigenvalue weighted by Crippen LogP contribution is 2.08. The second-order valence-corrected chi connectivity index (χ2v) is 2.96. The average molecular weight is 147 g/mol. The monoisotopic (exact) mass is 146 g/mol. The van der Waals surface area contributed by atoms with E-state index in [1.807, 2.05) is 0 Å². The number of hydrogen-bond acceptors (Lipinski definition) is 0. The molecule has 0 aromatic carbocycles. The standard InChI is InChI=1S/C8H15Cl/c1-7(2)8(3)5-4-6-9/h5,7H,4,6H2,1-3H3. The summed E-state index contributed by atoms with van der Waals surface area (Å²) in [6, 6.07) is 0. The topological polar surface area (TPSA) is 0 Å². The highest BCUT2D eigenvalue weighted by molar-refractivity contribution is 6.17. The van der Waals surface area contributed by atoms with Crippen molar-refractivity contribution >= 4 is 11.6 Å². The van der Waals surface area contributed by atoms with Crippen LogP contribution in [0.25, 0.3) is 0 Å². The molecule has 0 nitrogen and oxygen atoms in total. The third-order valence-corrected chi connectivity index (χ3v) is 1.70. The number of allylic oxidation sites excluding steroid dienone is 2. The fourth-order valence-electron chi connectivity index (χ4n) is 0.518. The minimum absolute atomic E-state index is 0.674. The van der Waals surface area contributed by atoms with Crippen molar-refractivity contribution < 1.29 is 0 Å². The van der Waals surface area contributed by atoms with Gasteiger partial charge in [0, 0.05) is 5.88 Å². The molecule has 54 valence electrons. The van der Waals surface area contributed by atoms with Gasteiger partial charge in [-0.15, -0.1) is 11.6 Å². The van der Waals surface area contributed by atoms with Gasteiger partial charge in [0.1, 0.15) is 0 Å². The number of hydrogen-bond donors (Lipinski definition) is 0. The maximum Gasteiger partial charge on any atom is 0.0258 e. The molecular formula is C8H15Cl. The summed E-state index contributed by atoms with van der Waals surface area (Å²) in [6.07, 6.45) is 3.21. The first-order valence-corrected chi connectivity index (χ1v) is 3.94. The van der Waals surface area contributed by atoms with E-state index in [-0.39, 0.29) is 0 Å². The molecule has 0 radical (unpaired) electrons. The highest BCUT2D eigenvalue weighted by atomic mass is 35.5. The van der Waals surface area contributed by atoms with E-state index in [1.165, 1.54) is 5.57 Å². The average Bonchev–Trinajstić information content (AvgIpc) is 1.82. The molecule has 0 spiro atoms. The predicted molar refractivity (Wildman–Crippen MR) is 43.9 cm³/mol. The molecule has 0 aromatic heterocycles. The summed E-state index contributed by atoms with van der Waals surface area (Å²) in [5.74, 6) is 1.41. The first-order chi connectivity index (χ1) is 4.18. The molecule has 0 saturated heterocycles. The van der Waals surface area contributed by atoms with Crippen molar-refractivity contribution in [3.8, 4) is 0 Å². The van der Waals surface area contributed by atoms with Gasteiger partial charge in [-0.05, 0) is 19.3 Å². The summed E-state index contributed by atoms with van der Waals surface area (Å²) >= 11 is 5.51. The van der Waals surface area contributed by atoms with Gasteiger partial charge in [-0.25, -0.2) is 0 Å². The molecular weight excluding hydrogens is 132 g/mol. The first-order valence-electron chi connectivity index (χ1n) is 3.41. The van der Waals surface area contributed by atoms with Crippen LogP contribution < -0.4 is 0 Å². The van der Waals surface area contributed by atoms with Crippen molar-refractivity contribution in [1.29, 1.82) is 0 Å². The van der Waals surface area contributed by atoms with Gasteiger partial charge in [-0.2, -0.15) is 0 Å². The van der Waals surface area contributed by atoms with Gasteiger partial charge < -0.3 is 0 Å². The number of rotatable bonds is 3. The summed E-state index contributed by atoms with van der Waals surface area (Å²) in [5.41, 5.74) is 1.44. The van der Waals surface area contributed by atoms with Gasteiger partial charge in [0.2, 0.25) is 0 Å². The summed E-state index contributed by atoms with van der Waals surface area (Å²) in [5, 5.41) is 0. The SMILES string of the molecule is CC(=CCCCl)C(C)C. The van der Waals surface area contributed by atoms with Crippen molar-refractivity contribution in [1.82, 2.24) is 0 Å². The lowest BCUT2D eigenvalue weighted by molar-refractivity contribution is 0.763. The largest absolute Gasteiger partial charge is 0.126 e. The van der Waals surface area contributed by atoms with Crippen LogP contribution in [0.15, 0.2) is 11.6 Å². The molecule has 0 aliphatic carbocycles. The van der Waals surface area contributed by atoms with E-state index in [1.54, 1.807) is 0 Å². The summed E-state index contributed by atoms with van der Waals surface area (Å²) in [7, 11) is 0. The molecule has 0 atom stereocenters. The third kappa shape index (κ3) is 4.53. The normalized spacial score (nSPS) is 12.8. The Morgan fingerprint density at radius 1 is 1.56 bits per heavy atom. The molecule has 0 aliphatic heterocycles. The quantitative estimate of drug-likeness (QED) is 0.424. The molecule has 9 heavy (non-hydrogen) atoms. The van der Waals surface area contributed by atoms with E-state index >= 15 is 0 Å². The molecule has 0 bridgehead atoms. The van der Waals surface area contributed by atoms with E-state index in [4.69, 9.17) is 11.6 Å². The van der Waals surface area contributed by atoms with Crippen LogP contribution in [-0.4, -0.2) is 5.88 Å². The molecule has 0 heterocycles. The first kappa shape index (κ1) is 9.03. The Labute approximate surface area is 62.9 Å². The Balaban J connectivity index is 3.55. The molecule has 0 saturated carbocycles. The Bertz CT molecular complexity index is 92.7. The lowest BCUT2D eigenvalue weighted by Gasteiger charge is -2.02. The van der Waals surface area contributed by atoms with Gasteiger partial charge >= 0.3 is 0 Å². The molecule has 0 N–H and O–H groups in total. The maximum absolute atomic E-state index is 5.51. The maximum atomic E-state index is 5.51.